The van der Waals surface area contributed by atoms with Crippen LogP contribution in [0.4, 0.5) is 0 Å². The van der Waals surface area contributed by atoms with Gasteiger partial charge in [-0.3, -0.25) is 4.99 Å². The average molecular weight is 261 g/mol. The van der Waals surface area contributed by atoms with Gasteiger partial charge in [0, 0.05) is 26.3 Å². The van der Waals surface area contributed by atoms with Crippen LogP contribution in [-0.4, -0.2) is 45.2 Å². The van der Waals surface area contributed by atoms with E-state index in [-0.39, 0.29) is 12.1 Å². The molecule has 1 aliphatic heterocycles. The zero-order valence-electron chi connectivity index (χ0n) is 10.5. The first-order valence-electron chi connectivity index (χ1n) is 5.29. The van der Waals surface area contributed by atoms with Gasteiger partial charge < -0.3 is 9.64 Å². The monoisotopic (exact) mass is 261 g/mol. The van der Waals surface area contributed by atoms with Crippen molar-refractivity contribution in [2.24, 2.45) is 16.0 Å². The number of nitrogens with two attached hydrogens (primary N) is 1. The summed E-state index contributed by atoms with van der Waals surface area (Å²) in [5.74, 6) is -0.262. The van der Waals surface area contributed by atoms with Crippen LogP contribution in [0, 0.1) is 5.92 Å². The minimum absolute atomic E-state index is 0.212. The lowest BCUT2D eigenvalue weighted by Crippen LogP contribution is -2.36. The van der Waals surface area contributed by atoms with Gasteiger partial charge in [-0.15, -0.1) is 0 Å². The standard InChI is InChI=1S/C10H19N3O3S/c1-7(8(2)17(11,14)15)9-6-13(3)10(16-4)5-12-9/h5-8,10H,1-4H3,(H2,11,14,15)/t7-,8-,10?/m0/s1. The molecule has 1 rings (SSSR count). The van der Waals surface area contributed by atoms with Gasteiger partial charge in [0.1, 0.15) is 0 Å². The molecule has 0 fully saturated rings. The van der Waals surface area contributed by atoms with E-state index in [9.17, 15) is 8.42 Å². The third-order valence-corrected chi connectivity index (χ3v) is 4.46. The van der Waals surface area contributed by atoms with Gasteiger partial charge in [-0.1, -0.05) is 6.92 Å². The quantitative estimate of drug-likeness (QED) is 0.779. The number of hydrogen-bond acceptors (Lipinski definition) is 5. The molecule has 1 heterocycles. The number of aliphatic imine (C=N–C) groups is 1. The largest absolute Gasteiger partial charge is 0.356 e. The van der Waals surface area contributed by atoms with Crippen molar-refractivity contribution in [1.29, 1.82) is 0 Å². The van der Waals surface area contributed by atoms with Crippen molar-refractivity contribution in [3.63, 3.8) is 0 Å². The summed E-state index contributed by atoms with van der Waals surface area (Å²) in [6.07, 6.45) is 3.21. The number of ether oxygens (including phenoxy) is 1. The Morgan fingerprint density at radius 1 is 1.53 bits per heavy atom. The molecule has 6 nitrogen and oxygen atoms in total. The molecular weight excluding hydrogens is 242 g/mol. The Morgan fingerprint density at radius 2 is 2.12 bits per heavy atom. The van der Waals surface area contributed by atoms with Crippen molar-refractivity contribution < 1.29 is 13.2 Å². The van der Waals surface area contributed by atoms with Gasteiger partial charge in [0.25, 0.3) is 0 Å². The second-order valence-corrected chi connectivity index (χ2v) is 6.13. The Labute approximate surface area is 102 Å². The van der Waals surface area contributed by atoms with Crippen LogP contribution in [0.25, 0.3) is 0 Å². The number of sulfonamides is 1. The van der Waals surface area contributed by atoms with Gasteiger partial charge in [-0.25, -0.2) is 13.6 Å². The first-order chi connectivity index (χ1) is 7.77. The van der Waals surface area contributed by atoms with Crippen molar-refractivity contribution in [3.05, 3.63) is 11.9 Å². The van der Waals surface area contributed by atoms with E-state index in [2.05, 4.69) is 4.99 Å². The molecule has 98 valence electrons. The fourth-order valence-corrected chi connectivity index (χ4v) is 2.27. The molecule has 0 saturated heterocycles. The Morgan fingerprint density at radius 3 is 2.53 bits per heavy atom. The van der Waals surface area contributed by atoms with Crippen LogP contribution >= 0.6 is 0 Å². The average Bonchev–Trinajstić information content (AvgIpc) is 2.25. The number of allylic oxidation sites excluding steroid dienone is 1. The Bertz CT molecular complexity index is 430. The molecule has 0 spiro atoms. The molecule has 0 aromatic heterocycles. The molecule has 0 aromatic carbocycles. The SMILES string of the molecule is COC1C=NC([C@@H](C)[C@H](C)S(N)(=O)=O)=CN1C. The minimum Gasteiger partial charge on any atom is -0.356 e. The lowest BCUT2D eigenvalue weighted by atomic mass is 10.0. The van der Waals surface area contributed by atoms with Crippen LogP contribution in [0.15, 0.2) is 16.9 Å². The summed E-state index contributed by atoms with van der Waals surface area (Å²) in [6.45, 7) is 3.37. The predicted octanol–water partition coefficient (Wildman–Crippen LogP) is 0.130. The van der Waals surface area contributed by atoms with Gasteiger partial charge >= 0.3 is 0 Å². The van der Waals surface area contributed by atoms with Crippen LogP contribution in [0.1, 0.15) is 13.8 Å². The number of rotatable bonds is 4. The van der Waals surface area contributed by atoms with E-state index in [4.69, 9.17) is 9.88 Å². The normalized spacial score (nSPS) is 24.4. The lowest BCUT2D eigenvalue weighted by Gasteiger charge is -2.29. The lowest BCUT2D eigenvalue weighted by molar-refractivity contribution is 0.0624. The van der Waals surface area contributed by atoms with E-state index in [1.54, 1.807) is 33.4 Å². The smallest absolute Gasteiger partial charge is 0.212 e. The summed E-state index contributed by atoms with van der Waals surface area (Å²) in [4.78, 5) is 6.04. The highest BCUT2D eigenvalue weighted by Crippen LogP contribution is 2.23. The zero-order valence-corrected chi connectivity index (χ0v) is 11.3. The van der Waals surface area contributed by atoms with E-state index in [0.29, 0.717) is 5.70 Å². The molecule has 0 saturated carbocycles. The summed E-state index contributed by atoms with van der Waals surface area (Å²) in [6, 6.07) is 0. The highest BCUT2D eigenvalue weighted by Gasteiger charge is 2.27. The van der Waals surface area contributed by atoms with Crippen molar-refractivity contribution in [2.45, 2.75) is 25.3 Å². The van der Waals surface area contributed by atoms with Crippen molar-refractivity contribution in [1.82, 2.24) is 4.90 Å². The van der Waals surface area contributed by atoms with Crippen LogP contribution in [0.2, 0.25) is 0 Å². The van der Waals surface area contributed by atoms with E-state index in [1.807, 2.05) is 11.9 Å². The molecule has 0 amide bonds. The molecule has 3 atom stereocenters. The summed E-state index contributed by atoms with van der Waals surface area (Å²) >= 11 is 0. The molecular formula is C10H19N3O3S. The number of nitrogens with zero attached hydrogens (tertiary/aromatic N) is 2. The fraction of sp³-hybridized carbons (Fsp3) is 0.700. The maximum absolute atomic E-state index is 11.3. The zero-order chi connectivity index (χ0) is 13.2. The van der Waals surface area contributed by atoms with Crippen molar-refractivity contribution in [3.8, 4) is 0 Å². The summed E-state index contributed by atoms with van der Waals surface area (Å²) in [7, 11) is -0.126. The van der Waals surface area contributed by atoms with E-state index < -0.39 is 15.3 Å². The third-order valence-electron chi connectivity index (χ3n) is 3.02. The molecule has 0 radical (unpaired) electrons. The summed E-state index contributed by atoms with van der Waals surface area (Å²) < 4.78 is 27.7. The molecule has 0 bridgehead atoms. The second kappa shape index (κ2) is 5.16. The van der Waals surface area contributed by atoms with Crippen LogP contribution < -0.4 is 5.14 Å². The van der Waals surface area contributed by atoms with Crippen molar-refractivity contribution >= 4 is 16.2 Å². The van der Waals surface area contributed by atoms with Crippen LogP contribution in [0.5, 0.6) is 0 Å². The number of hydrogen-bond donors (Lipinski definition) is 1. The van der Waals surface area contributed by atoms with E-state index >= 15 is 0 Å². The fourth-order valence-electron chi connectivity index (χ4n) is 1.56. The topological polar surface area (TPSA) is 85.0 Å². The molecule has 17 heavy (non-hydrogen) atoms. The molecule has 0 aromatic rings. The van der Waals surface area contributed by atoms with Crippen LogP contribution in [0.3, 0.4) is 0 Å². The number of methoxy groups -OCH3 is 1. The Kier molecular flexibility index (Phi) is 4.29. The van der Waals surface area contributed by atoms with Gasteiger partial charge in [-0.05, 0) is 6.92 Å². The molecule has 0 aliphatic carbocycles. The highest BCUT2D eigenvalue weighted by molar-refractivity contribution is 7.89. The van der Waals surface area contributed by atoms with E-state index in [0.717, 1.165) is 0 Å². The first-order valence-corrected chi connectivity index (χ1v) is 6.90. The maximum Gasteiger partial charge on any atom is 0.212 e. The predicted molar refractivity (Wildman–Crippen MR) is 66.9 cm³/mol. The van der Waals surface area contributed by atoms with Gasteiger partial charge in [0.2, 0.25) is 10.0 Å². The Hall–Kier alpha value is -0.920. The Balaban J connectivity index is 2.86. The highest BCUT2D eigenvalue weighted by atomic mass is 32.2. The molecule has 2 N–H and O–H groups in total. The van der Waals surface area contributed by atoms with Gasteiger partial charge in [0.05, 0.1) is 17.2 Å². The van der Waals surface area contributed by atoms with Gasteiger partial charge in [-0.2, -0.15) is 0 Å². The summed E-state index contributed by atoms with van der Waals surface area (Å²) in [5.41, 5.74) is 0.683. The molecule has 7 heteroatoms. The number of primary sulfonamides is 1. The van der Waals surface area contributed by atoms with Crippen LogP contribution in [-0.2, 0) is 14.8 Å². The van der Waals surface area contributed by atoms with E-state index in [1.165, 1.54) is 0 Å². The van der Waals surface area contributed by atoms with Crippen molar-refractivity contribution in [2.75, 3.05) is 14.2 Å². The van der Waals surface area contributed by atoms with Gasteiger partial charge in [0.15, 0.2) is 6.23 Å². The third kappa shape index (κ3) is 3.27. The molecule has 1 unspecified atom stereocenters. The second-order valence-electron chi connectivity index (χ2n) is 4.21. The summed E-state index contributed by atoms with van der Waals surface area (Å²) in [5, 5.41) is 4.46. The maximum atomic E-state index is 11.3. The molecule has 1 aliphatic rings. The minimum atomic E-state index is -3.55. The first kappa shape index (κ1) is 14.1.